The van der Waals surface area contributed by atoms with Crippen molar-refractivity contribution >= 4 is 28.3 Å². The van der Waals surface area contributed by atoms with Crippen molar-refractivity contribution in [2.24, 2.45) is 0 Å². The average Bonchev–Trinajstić information content (AvgIpc) is 2.47. The van der Waals surface area contributed by atoms with Crippen molar-refractivity contribution in [3.05, 3.63) is 65.4 Å². The zero-order valence-corrected chi connectivity index (χ0v) is 11.8. The molecule has 1 N–H and O–H groups in total. The summed E-state index contributed by atoms with van der Waals surface area (Å²) < 4.78 is 0. The molecular formula is C16H14ClN3. The second kappa shape index (κ2) is 5.47. The van der Waals surface area contributed by atoms with Gasteiger partial charge >= 0.3 is 0 Å². The molecule has 0 saturated heterocycles. The second-order valence-electron chi connectivity index (χ2n) is 4.66. The van der Waals surface area contributed by atoms with Gasteiger partial charge in [-0.3, -0.25) is 0 Å². The van der Waals surface area contributed by atoms with E-state index in [4.69, 9.17) is 11.6 Å². The summed E-state index contributed by atoms with van der Waals surface area (Å²) >= 11 is 6.03. The third-order valence-corrected chi connectivity index (χ3v) is 3.48. The SMILES string of the molecule is C[C@H](Nc1ncnc2ccccc12)c1cccc(Cl)c1. The summed E-state index contributed by atoms with van der Waals surface area (Å²) in [6.07, 6.45) is 1.58. The molecule has 0 unspecified atom stereocenters. The van der Waals surface area contributed by atoms with Crippen LogP contribution in [-0.2, 0) is 0 Å². The van der Waals surface area contributed by atoms with Crippen molar-refractivity contribution in [2.75, 3.05) is 5.32 Å². The van der Waals surface area contributed by atoms with Crippen LogP contribution in [0.25, 0.3) is 10.9 Å². The van der Waals surface area contributed by atoms with Crippen molar-refractivity contribution in [3.63, 3.8) is 0 Å². The highest BCUT2D eigenvalue weighted by atomic mass is 35.5. The van der Waals surface area contributed by atoms with Crippen LogP contribution in [0.4, 0.5) is 5.82 Å². The fourth-order valence-corrected chi connectivity index (χ4v) is 2.38. The molecule has 2 aromatic carbocycles. The molecule has 0 amide bonds. The molecule has 4 heteroatoms. The van der Waals surface area contributed by atoms with Gasteiger partial charge in [-0.25, -0.2) is 9.97 Å². The minimum absolute atomic E-state index is 0.118. The summed E-state index contributed by atoms with van der Waals surface area (Å²) in [6, 6.07) is 15.9. The molecule has 0 aliphatic heterocycles. The summed E-state index contributed by atoms with van der Waals surface area (Å²) in [5.74, 6) is 0.836. The fourth-order valence-electron chi connectivity index (χ4n) is 2.18. The van der Waals surface area contributed by atoms with E-state index in [2.05, 4.69) is 22.2 Å². The standard InChI is InChI=1S/C16H14ClN3/c1-11(12-5-4-6-13(17)9-12)20-16-14-7-2-3-8-15(14)18-10-19-16/h2-11H,1H3,(H,18,19,20)/t11-/m0/s1. The van der Waals surface area contributed by atoms with Gasteiger partial charge in [0.1, 0.15) is 12.1 Å². The molecule has 100 valence electrons. The number of hydrogen-bond donors (Lipinski definition) is 1. The summed E-state index contributed by atoms with van der Waals surface area (Å²) in [7, 11) is 0. The molecule has 3 rings (SSSR count). The number of aromatic nitrogens is 2. The number of nitrogens with one attached hydrogen (secondary N) is 1. The van der Waals surface area contributed by atoms with E-state index in [9.17, 15) is 0 Å². The Bertz CT molecular complexity index is 737. The van der Waals surface area contributed by atoms with Crippen LogP contribution < -0.4 is 5.32 Å². The Morgan fingerprint density at radius 3 is 2.75 bits per heavy atom. The maximum atomic E-state index is 6.03. The van der Waals surface area contributed by atoms with Gasteiger partial charge in [0.2, 0.25) is 0 Å². The number of halogens is 1. The van der Waals surface area contributed by atoms with Gasteiger partial charge in [-0.2, -0.15) is 0 Å². The lowest BCUT2D eigenvalue weighted by molar-refractivity contribution is 0.876. The third kappa shape index (κ3) is 2.58. The van der Waals surface area contributed by atoms with Gasteiger partial charge in [0.05, 0.1) is 11.6 Å². The number of anilines is 1. The number of fused-ring (bicyclic) bond motifs is 1. The van der Waals surface area contributed by atoms with Crippen LogP contribution in [-0.4, -0.2) is 9.97 Å². The Balaban J connectivity index is 1.93. The lowest BCUT2D eigenvalue weighted by atomic mass is 10.1. The topological polar surface area (TPSA) is 37.8 Å². The fraction of sp³-hybridized carbons (Fsp3) is 0.125. The number of rotatable bonds is 3. The smallest absolute Gasteiger partial charge is 0.137 e. The molecule has 0 spiro atoms. The monoisotopic (exact) mass is 283 g/mol. The molecule has 0 bridgehead atoms. The molecule has 0 saturated carbocycles. The quantitative estimate of drug-likeness (QED) is 0.771. The first-order valence-corrected chi connectivity index (χ1v) is 6.83. The van der Waals surface area contributed by atoms with E-state index in [1.165, 1.54) is 0 Å². The van der Waals surface area contributed by atoms with Crippen molar-refractivity contribution in [3.8, 4) is 0 Å². The van der Waals surface area contributed by atoms with Crippen LogP contribution in [0.3, 0.4) is 0 Å². The third-order valence-electron chi connectivity index (χ3n) is 3.24. The molecule has 1 heterocycles. The average molecular weight is 284 g/mol. The van der Waals surface area contributed by atoms with Crippen molar-refractivity contribution in [1.82, 2.24) is 9.97 Å². The summed E-state index contributed by atoms with van der Waals surface area (Å²) in [6.45, 7) is 2.09. The van der Waals surface area contributed by atoms with Crippen molar-refractivity contribution < 1.29 is 0 Å². The van der Waals surface area contributed by atoms with E-state index in [0.29, 0.717) is 0 Å². The molecule has 3 aromatic rings. The highest BCUT2D eigenvalue weighted by Crippen LogP contribution is 2.24. The van der Waals surface area contributed by atoms with Crippen LogP contribution >= 0.6 is 11.6 Å². The van der Waals surface area contributed by atoms with Gasteiger partial charge < -0.3 is 5.32 Å². The van der Waals surface area contributed by atoms with Crippen LogP contribution in [0.15, 0.2) is 54.9 Å². The predicted octanol–water partition coefficient (Wildman–Crippen LogP) is 4.46. The minimum atomic E-state index is 0.118. The van der Waals surface area contributed by atoms with Gasteiger partial charge in [-0.1, -0.05) is 35.9 Å². The number of hydrogen-bond acceptors (Lipinski definition) is 3. The summed E-state index contributed by atoms with van der Waals surface area (Å²) in [4.78, 5) is 8.60. The first-order chi connectivity index (χ1) is 9.74. The van der Waals surface area contributed by atoms with Gasteiger partial charge in [0.25, 0.3) is 0 Å². The molecule has 0 aliphatic carbocycles. The van der Waals surface area contributed by atoms with Crippen LogP contribution in [0.1, 0.15) is 18.5 Å². The van der Waals surface area contributed by atoms with Gasteiger partial charge in [0.15, 0.2) is 0 Å². The predicted molar refractivity (Wildman–Crippen MR) is 83.0 cm³/mol. The molecule has 1 aromatic heterocycles. The van der Waals surface area contributed by atoms with Gasteiger partial charge in [-0.05, 0) is 36.8 Å². The lowest BCUT2D eigenvalue weighted by Crippen LogP contribution is -2.08. The molecule has 0 radical (unpaired) electrons. The largest absolute Gasteiger partial charge is 0.363 e. The normalized spacial score (nSPS) is 12.3. The molecular weight excluding hydrogens is 270 g/mol. The Kier molecular flexibility index (Phi) is 3.52. The highest BCUT2D eigenvalue weighted by Gasteiger charge is 2.09. The van der Waals surface area contributed by atoms with E-state index in [0.717, 1.165) is 27.3 Å². The number of nitrogens with zero attached hydrogens (tertiary/aromatic N) is 2. The highest BCUT2D eigenvalue weighted by molar-refractivity contribution is 6.30. The summed E-state index contributed by atoms with van der Waals surface area (Å²) in [5, 5.41) is 5.18. The lowest BCUT2D eigenvalue weighted by Gasteiger charge is -2.16. The second-order valence-corrected chi connectivity index (χ2v) is 5.10. The maximum Gasteiger partial charge on any atom is 0.137 e. The Morgan fingerprint density at radius 1 is 1.05 bits per heavy atom. The van der Waals surface area contributed by atoms with E-state index < -0.39 is 0 Å². The Labute approximate surface area is 122 Å². The van der Waals surface area contributed by atoms with Gasteiger partial charge in [0, 0.05) is 10.4 Å². The molecule has 0 aliphatic rings. The van der Waals surface area contributed by atoms with Crippen LogP contribution in [0.2, 0.25) is 5.02 Å². The molecule has 3 nitrogen and oxygen atoms in total. The Hall–Kier alpha value is -2.13. The van der Waals surface area contributed by atoms with E-state index in [1.54, 1.807) is 6.33 Å². The van der Waals surface area contributed by atoms with Crippen LogP contribution in [0.5, 0.6) is 0 Å². The zero-order valence-electron chi connectivity index (χ0n) is 11.0. The number of benzene rings is 2. The van der Waals surface area contributed by atoms with Crippen molar-refractivity contribution in [1.29, 1.82) is 0 Å². The molecule has 0 fully saturated rings. The molecule has 20 heavy (non-hydrogen) atoms. The van der Waals surface area contributed by atoms with E-state index >= 15 is 0 Å². The van der Waals surface area contributed by atoms with E-state index in [-0.39, 0.29) is 6.04 Å². The first-order valence-electron chi connectivity index (χ1n) is 6.46. The Morgan fingerprint density at radius 2 is 1.90 bits per heavy atom. The van der Waals surface area contributed by atoms with E-state index in [1.807, 2.05) is 48.5 Å². The zero-order chi connectivity index (χ0) is 13.9. The minimum Gasteiger partial charge on any atom is -0.363 e. The maximum absolute atomic E-state index is 6.03. The molecule has 1 atom stereocenters. The first kappa shape index (κ1) is 12.9. The van der Waals surface area contributed by atoms with Crippen molar-refractivity contribution in [2.45, 2.75) is 13.0 Å². The number of para-hydroxylation sites is 1. The van der Waals surface area contributed by atoms with Crippen LogP contribution in [0, 0.1) is 0 Å². The summed E-state index contributed by atoms with van der Waals surface area (Å²) in [5.41, 5.74) is 2.06. The van der Waals surface area contributed by atoms with Gasteiger partial charge in [-0.15, -0.1) is 0 Å².